The van der Waals surface area contributed by atoms with E-state index in [0.717, 1.165) is 10.2 Å². The van der Waals surface area contributed by atoms with Crippen molar-refractivity contribution in [1.29, 1.82) is 0 Å². The molecule has 0 aliphatic carbocycles. The summed E-state index contributed by atoms with van der Waals surface area (Å²) in [6, 6.07) is 6.89. The predicted molar refractivity (Wildman–Crippen MR) is 77.4 cm³/mol. The van der Waals surface area contributed by atoms with Gasteiger partial charge in [0.25, 0.3) is 0 Å². The van der Waals surface area contributed by atoms with Gasteiger partial charge in [0.05, 0.1) is 35.9 Å². The van der Waals surface area contributed by atoms with Crippen LogP contribution in [0.4, 0.5) is 17.1 Å². The van der Waals surface area contributed by atoms with E-state index in [2.05, 4.69) is 26.2 Å². The largest absolute Gasteiger partial charge is 0.465 e. The average Bonchev–Trinajstić information content (AvgIpc) is 2.40. The molecule has 6 heteroatoms. The van der Waals surface area contributed by atoms with Crippen molar-refractivity contribution in [2.45, 2.75) is 0 Å². The number of ether oxygens (including phenoxy) is 1. The van der Waals surface area contributed by atoms with E-state index in [4.69, 9.17) is 10.5 Å². The Hall–Kier alpha value is -2.08. The fourth-order valence-electron chi connectivity index (χ4n) is 1.61. The normalized spacial score (nSPS) is 10.0. The Kier molecular flexibility index (Phi) is 4.01. The quantitative estimate of drug-likeness (QED) is 0.671. The van der Waals surface area contributed by atoms with E-state index in [1.165, 1.54) is 7.11 Å². The Morgan fingerprint density at radius 3 is 2.89 bits per heavy atom. The molecule has 2 rings (SSSR count). The summed E-state index contributed by atoms with van der Waals surface area (Å²) in [5.41, 5.74) is 7.96. The number of para-hydroxylation sites is 1. The summed E-state index contributed by atoms with van der Waals surface area (Å²) < 4.78 is 5.56. The van der Waals surface area contributed by atoms with Crippen LogP contribution in [0.15, 0.2) is 41.1 Å². The maximum Gasteiger partial charge on any atom is 0.340 e. The van der Waals surface area contributed by atoms with Crippen molar-refractivity contribution >= 4 is 39.0 Å². The van der Waals surface area contributed by atoms with Gasteiger partial charge in [-0.2, -0.15) is 0 Å². The number of nitrogens with two attached hydrogens (primary N) is 1. The van der Waals surface area contributed by atoms with Crippen molar-refractivity contribution in [2.75, 3.05) is 18.2 Å². The van der Waals surface area contributed by atoms with Gasteiger partial charge in [0.1, 0.15) is 0 Å². The highest BCUT2D eigenvalue weighted by Crippen LogP contribution is 2.28. The lowest BCUT2D eigenvalue weighted by molar-refractivity contribution is 0.0602. The molecule has 2 aromatic rings. The van der Waals surface area contributed by atoms with Gasteiger partial charge in [0.2, 0.25) is 0 Å². The third-order valence-electron chi connectivity index (χ3n) is 2.48. The number of hydrogen-bond acceptors (Lipinski definition) is 5. The monoisotopic (exact) mass is 321 g/mol. The third-order valence-corrected chi connectivity index (χ3v) is 2.91. The number of nitrogens with one attached hydrogen (secondary N) is 1. The minimum Gasteiger partial charge on any atom is -0.465 e. The molecule has 1 aromatic heterocycles. The van der Waals surface area contributed by atoms with Gasteiger partial charge in [-0.1, -0.05) is 6.07 Å². The van der Waals surface area contributed by atoms with E-state index < -0.39 is 5.97 Å². The van der Waals surface area contributed by atoms with Crippen LogP contribution in [0.1, 0.15) is 10.4 Å². The van der Waals surface area contributed by atoms with E-state index in [0.29, 0.717) is 16.9 Å². The number of halogens is 1. The molecule has 0 atom stereocenters. The number of benzene rings is 1. The summed E-state index contributed by atoms with van der Waals surface area (Å²) in [7, 11) is 1.33. The molecule has 0 aliphatic heterocycles. The number of aromatic nitrogens is 1. The van der Waals surface area contributed by atoms with Crippen LogP contribution < -0.4 is 11.1 Å². The van der Waals surface area contributed by atoms with Crippen LogP contribution in [-0.2, 0) is 4.74 Å². The first-order chi connectivity index (χ1) is 9.11. The highest BCUT2D eigenvalue weighted by molar-refractivity contribution is 9.10. The lowest BCUT2D eigenvalue weighted by Gasteiger charge is -2.13. The number of rotatable bonds is 3. The Bertz CT molecular complexity index is 617. The molecule has 0 saturated heterocycles. The first kappa shape index (κ1) is 13.4. The van der Waals surface area contributed by atoms with E-state index in [9.17, 15) is 4.79 Å². The van der Waals surface area contributed by atoms with Crippen LogP contribution in [0, 0.1) is 0 Å². The van der Waals surface area contributed by atoms with Crippen LogP contribution in [0.3, 0.4) is 0 Å². The fraction of sp³-hybridized carbons (Fsp3) is 0.0769. The van der Waals surface area contributed by atoms with Crippen LogP contribution in [0.25, 0.3) is 0 Å². The highest BCUT2D eigenvalue weighted by Gasteiger charge is 2.14. The minimum absolute atomic E-state index is 0.377. The molecular formula is C13H12BrN3O2. The van der Waals surface area contributed by atoms with E-state index >= 15 is 0 Å². The van der Waals surface area contributed by atoms with Gasteiger partial charge < -0.3 is 15.8 Å². The van der Waals surface area contributed by atoms with Gasteiger partial charge >= 0.3 is 5.97 Å². The molecule has 0 aliphatic rings. The molecule has 98 valence electrons. The standard InChI is InChI=1S/C13H12BrN3O2/c1-19-13(18)10-3-2-4-11(15)12(10)17-9-5-8(14)6-16-7-9/h2-7,17H,15H2,1H3. The zero-order chi connectivity index (χ0) is 13.8. The first-order valence-electron chi connectivity index (χ1n) is 5.46. The molecule has 0 fully saturated rings. The molecule has 0 bridgehead atoms. The second-order valence-electron chi connectivity index (χ2n) is 3.78. The Labute approximate surface area is 118 Å². The average molecular weight is 322 g/mol. The van der Waals surface area contributed by atoms with Crippen molar-refractivity contribution < 1.29 is 9.53 Å². The van der Waals surface area contributed by atoms with Gasteiger partial charge in [-0.25, -0.2) is 4.79 Å². The van der Waals surface area contributed by atoms with Crippen LogP contribution >= 0.6 is 15.9 Å². The number of nitrogens with zero attached hydrogens (tertiary/aromatic N) is 1. The number of nitrogen functional groups attached to an aromatic ring is 1. The van der Waals surface area contributed by atoms with Gasteiger partial charge in [-0.3, -0.25) is 4.98 Å². The second kappa shape index (κ2) is 5.71. The molecule has 0 saturated carbocycles. The van der Waals surface area contributed by atoms with Gasteiger partial charge in [-0.15, -0.1) is 0 Å². The topological polar surface area (TPSA) is 77.2 Å². The Balaban J connectivity index is 2.41. The van der Waals surface area contributed by atoms with Crippen LogP contribution in [0.2, 0.25) is 0 Å². The summed E-state index contributed by atoms with van der Waals surface area (Å²) in [4.78, 5) is 15.7. The highest BCUT2D eigenvalue weighted by atomic mass is 79.9. The van der Waals surface area contributed by atoms with Gasteiger partial charge in [0, 0.05) is 10.7 Å². The zero-order valence-electron chi connectivity index (χ0n) is 10.2. The van der Waals surface area contributed by atoms with Crippen molar-refractivity contribution in [2.24, 2.45) is 0 Å². The molecule has 19 heavy (non-hydrogen) atoms. The number of methoxy groups -OCH3 is 1. The lowest BCUT2D eigenvalue weighted by atomic mass is 10.1. The molecule has 3 N–H and O–H groups in total. The van der Waals surface area contributed by atoms with Crippen molar-refractivity contribution in [1.82, 2.24) is 4.98 Å². The molecule has 0 radical (unpaired) electrons. The number of esters is 1. The predicted octanol–water partition coefficient (Wildman–Crippen LogP) is 2.96. The fourth-order valence-corrected chi connectivity index (χ4v) is 1.98. The van der Waals surface area contributed by atoms with Crippen molar-refractivity contribution in [3.8, 4) is 0 Å². The SMILES string of the molecule is COC(=O)c1cccc(N)c1Nc1cncc(Br)c1. The van der Waals surface area contributed by atoms with Gasteiger partial charge in [-0.05, 0) is 34.1 Å². The first-order valence-corrected chi connectivity index (χ1v) is 6.25. The maximum absolute atomic E-state index is 11.7. The number of carbonyl (C=O) groups excluding carboxylic acids is 1. The molecule has 1 heterocycles. The van der Waals surface area contributed by atoms with Crippen molar-refractivity contribution in [3.05, 3.63) is 46.7 Å². The molecule has 1 aromatic carbocycles. The van der Waals surface area contributed by atoms with Crippen molar-refractivity contribution in [3.63, 3.8) is 0 Å². The minimum atomic E-state index is -0.447. The number of hydrogen-bond donors (Lipinski definition) is 2. The maximum atomic E-state index is 11.7. The number of pyridine rings is 1. The van der Waals surface area contributed by atoms with Gasteiger partial charge in [0.15, 0.2) is 0 Å². The number of anilines is 3. The number of carbonyl (C=O) groups is 1. The van der Waals surface area contributed by atoms with E-state index in [-0.39, 0.29) is 0 Å². The Morgan fingerprint density at radius 2 is 2.21 bits per heavy atom. The van der Waals surface area contributed by atoms with Crippen LogP contribution in [0.5, 0.6) is 0 Å². The summed E-state index contributed by atoms with van der Waals surface area (Å²) >= 11 is 3.33. The van der Waals surface area contributed by atoms with Crippen LogP contribution in [-0.4, -0.2) is 18.1 Å². The van der Waals surface area contributed by atoms with E-state index in [1.54, 1.807) is 30.6 Å². The lowest BCUT2D eigenvalue weighted by Crippen LogP contribution is -2.08. The molecule has 0 amide bonds. The Morgan fingerprint density at radius 1 is 1.42 bits per heavy atom. The molecule has 5 nitrogen and oxygen atoms in total. The summed E-state index contributed by atoms with van der Waals surface area (Å²) in [6.07, 6.45) is 3.30. The summed E-state index contributed by atoms with van der Waals surface area (Å²) in [5.74, 6) is -0.447. The third kappa shape index (κ3) is 3.03. The van der Waals surface area contributed by atoms with E-state index in [1.807, 2.05) is 6.07 Å². The smallest absolute Gasteiger partial charge is 0.340 e. The second-order valence-corrected chi connectivity index (χ2v) is 4.69. The molecule has 0 spiro atoms. The summed E-state index contributed by atoms with van der Waals surface area (Å²) in [5, 5.41) is 3.08. The molecular weight excluding hydrogens is 310 g/mol. The summed E-state index contributed by atoms with van der Waals surface area (Å²) in [6.45, 7) is 0. The molecule has 0 unspecified atom stereocenters. The zero-order valence-corrected chi connectivity index (χ0v) is 11.8.